The van der Waals surface area contributed by atoms with Crippen LogP contribution in [0.15, 0.2) is 24.3 Å². The Balaban J connectivity index is 2.33. The minimum absolute atomic E-state index is 0.444. The van der Waals surface area contributed by atoms with Gasteiger partial charge >= 0.3 is 0 Å². The highest BCUT2D eigenvalue weighted by Crippen LogP contribution is 2.02. The van der Waals surface area contributed by atoms with Crippen LogP contribution in [0, 0.1) is 0 Å². The molecule has 0 bridgehead atoms. The summed E-state index contributed by atoms with van der Waals surface area (Å²) < 4.78 is 0. The number of hydrogen-bond acceptors (Lipinski definition) is 4. The van der Waals surface area contributed by atoms with Gasteiger partial charge in [-0.2, -0.15) is 0 Å². The Labute approximate surface area is 77.9 Å². The third-order valence-corrected chi connectivity index (χ3v) is 1.54. The number of nitrogens with two attached hydrogens (primary N) is 1. The average Bonchev–Trinajstić information content (AvgIpc) is 2.15. The molecule has 0 saturated carbocycles. The van der Waals surface area contributed by atoms with E-state index in [4.69, 9.17) is 5.73 Å². The summed E-state index contributed by atoms with van der Waals surface area (Å²) in [5.41, 5.74) is 5.39. The number of hydrogen-bond donors (Lipinski definition) is 2. The lowest BCUT2D eigenvalue weighted by Gasteiger charge is -2.01. The second kappa shape index (κ2) is 5.13. The molecule has 0 atom stereocenters. The van der Waals surface area contributed by atoms with E-state index >= 15 is 0 Å². The minimum atomic E-state index is 0.444. The molecular formula is C9H14N4. The highest BCUT2D eigenvalue weighted by atomic mass is 15.2. The highest BCUT2D eigenvalue weighted by molar-refractivity contribution is 5.38. The van der Waals surface area contributed by atoms with Gasteiger partial charge in [0, 0.05) is 6.54 Å². The quantitative estimate of drug-likeness (QED) is 0.541. The van der Waals surface area contributed by atoms with E-state index in [2.05, 4.69) is 21.6 Å². The average molecular weight is 178 g/mol. The molecule has 0 aliphatic heterocycles. The summed E-state index contributed by atoms with van der Waals surface area (Å²) in [6.07, 6.45) is 5.11. The van der Waals surface area contributed by atoms with Crippen molar-refractivity contribution in [3.63, 3.8) is 0 Å². The van der Waals surface area contributed by atoms with Crippen molar-refractivity contribution in [2.45, 2.75) is 13.3 Å². The van der Waals surface area contributed by atoms with Crippen molar-refractivity contribution in [2.24, 2.45) is 0 Å². The molecule has 1 aromatic heterocycles. The fraction of sp³-hybridized carbons (Fsp3) is 0.333. The van der Waals surface area contributed by atoms with E-state index in [0.29, 0.717) is 5.82 Å². The van der Waals surface area contributed by atoms with Crippen LogP contribution in [-0.4, -0.2) is 16.7 Å². The number of nitrogen functional groups attached to an aromatic ring is 1. The van der Waals surface area contributed by atoms with E-state index in [9.17, 15) is 0 Å². The zero-order valence-corrected chi connectivity index (χ0v) is 7.70. The van der Waals surface area contributed by atoms with Crippen molar-refractivity contribution in [1.82, 2.24) is 10.2 Å². The molecule has 0 unspecified atom stereocenters. The lowest BCUT2D eigenvalue weighted by Crippen LogP contribution is -2.03. The van der Waals surface area contributed by atoms with Crippen LogP contribution >= 0.6 is 0 Å². The van der Waals surface area contributed by atoms with Crippen molar-refractivity contribution >= 4 is 11.6 Å². The molecule has 1 rings (SSSR count). The topological polar surface area (TPSA) is 63.8 Å². The van der Waals surface area contributed by atoms with Gasteiger partial charge in [-0.05, 0) is 25.5 Å². The fourth-order valence-electron chi connectivity index (χ4n) is 0.887. The Kier molecular flexibility index (Phi) is 3.75. The van der Waals surface area contributed by atoms with Gasteiger partial charge in [-0.15, -0.1) is 10.2 Å². The van der Waals surface area contributed by atoms with Crippen molar-refractivity contribution in [1.29, 1.82) is 0 Å². The van der Waals surface area contributed by atoms with Crippen molar-refractivity contribution < 1.29 is 0 Å². The van der Waals surface area contributed by atoms with Crippen LogP contribution in [0.25, 0.3) is 0 Å². The molecule has 0 aliphatic rings. The molecule has 0 fully saturated rings. The van der Waals surface area contributed by atoms with Gasteiger partial charge in [-0.1, -0.05) is 12.2 Å². The van der Waals surface area contributed by atoms with Crippen LogP contribution in [0.3, 0.4) is 0 Å². The first-order valence-electron chi connectivity index (χ1n) is 4.27. The van der Waals surface area contributed by atoms with E-state index in [0.717, 1.165) is 18.8 Å². The summed E-state index contributed by atoms with van der Waals surface area (Å²) >= 11 is 0. The number of aromatic nitrogens is 2. The standard InChI is InChI=1S/C9H14N4/c1-2-3-4-7-11-9-6-5-8(10)12-13-9/h2-3,5-6H,4,7H2,1H3,(H2,10,12)(H,11,13)/b3-2+. The molecule has 0 amide bonds. The normalized spacial score (nSPS) is 10.5. The third-order valence-electron chi connectivity index (χ3n) is 1.54. The zero-order valence-electron chi connectivity index (χ0n) is 7.70. The molecule has 70 valence electrons. The fourth-order valence-corrected chi connectivity index (χ4v) is 0.887. The SMILES string of the molecule is C/C=C/CCNc1ccc(N)nn1. The van der Waals surface area contributed by atoms with Crippen molar-refractivity contribution in [3.05, 3.63) is 24.3 Å². The summed E-state index contributed by atoms with van der Waals surface area (Å²) in [5, 5.41) is 10.7. The maximum atomic E-state index is 5.39. The Morgan fingerprint density at radius 1 is 1.46 bits per heavy atom. The molecule has 13 heavy (non-hydrogen) atoms. The molecule has 0 spiro atoms. The van der Waals surface area contributed by atoms with Gasteiger partial charge in [0.05, 0.1) is 0 Å². The zero-order chi connectivity index (χ0) is 9.52. The lowest BCUT2D eigenvalue weighted by molar-refractivity contribution is 0.990. The van der Waals surface area contributed by atoms with Gasteiger partial charge in [0.1, 0.15) is 11.6 Å². The molecule has 0 radical (unpaired) electrons. The Morgan fingerprint density at radius 3 is 2.92 bits per heavy atom. The van der Waals surface area contributed by atoms with Crippen LogP contribution < -0.4 is 11.1 Å². The maximum absolute atomic E-state index is 5.39. The van der Waals surface area contributed by atoms with E-state index < -0.39 is 0 Å². The largest absolute Gasteiger partial charge is 0.382 e. The first-order chi connectivity index (χ1) is 6.33. The number of anilines is 2. The smallest absolute Gasteiger partial charge is 0.148 e. The van der Waals surface area contributed by atoms with E-state index in [-0.39, 0.29) is 0 Å². The summed E-state index contributed by atoms with van der Waals surface area (Å²) in [4.78, 5) is 0. The van der Waals surface area contributed by atoms with E-state index in [1.165, 1.54) is 0 Å². The molecule has 3 N–H and O–H groups in total. The molecule has 1 aromatic rings. The summed E-state index contributed by atoms with van der Waals surface area (Å²) in [7, 11) is 0. The highest BCUT2D eigenvalue weighted by Gasteiger charge is 1.91. The van der Waals surface area contributed by atoms with E-state index in [1.807, 2.05) is 19.1 Å². The molecule has 4 heteroatoms. The maximum Gasteiger partial charge on any atom is 0.148 e. The minimum Gasteiger partial charge on any atom is -0.382 e. The van der Waals surface area contributed by atoms with Gasteiger partial charge in [0.25, 0.3) is 0 Å². The Bertz CT molecular complexity index is 265. The first-order valence-corrected chi connectivity index (χ1v) is 4.27. The van der Waals surface area contributed by atoms with Crippen LogP contribution in [-0.2, 0) is 0 Å². The third kappa shape index (κ3) is 3.55. The predicted molar refractivity (Wildman–Crippen MR) is 54.4 cm³/mol. The van der Waals surface area contributed by atoms with Gasteiger partial charge in [0.15, 0.2) is 0 Å². The molecular weight excluding hydrogens is 164 g/mol. The Morgan fingerprint density at radius 2 is 2.31 bits per heavy atom. The lowest BCUT2D eigenvalue weighted by atomic mass is 10.4. The molecule has 0 aliphatic carbocycles. The number of nitrogens with one attached hydrogen (secondary N) is 1. The number of nitrogens with zero attached hydrogens (tertiary/aromatic N) is 2. The second-order valence-electron chi connectivity index (χ2n) is 2.63. The van der Waals surface area contributed by atoms with Crippen LogP contribution in [0.2, 0.25) is 0 Å². The first kappa shape index (κ1) is 9.51. The second-order valence-corrected chi connectivity index (χ2v) is 2.63. The van der Waals surface area contributed by atoms with Gasteiger partial charge in [0.2, 0.25) is 0 Å². The summed E-state index contributed by atoms with van der Waals surface area (Å²) in [5.74, 6) is 1.21. The van der Waals surface area contributed by atoms with Gasteiger partial charge < -0.3 is 11.1 Å². The van der Waals surface area contributed by atoms with Crippen molar-refractivity contribution in [2.75, 3.05) is 17.6 Å². The molecule has 0 saturated heterocycles. The predicted octanol–water partition coefficient (Wildman–Crippen LogP) is 1.44. The Hall–Kier alpha value is -1.58. The molecule has 1 heterocycles. The molecule has 4 nitrogen and oxygen atoms in total. The van der Waals surface area contributed by atoms with Crippen LogP contribution in [0.4, 0.5) is 11.6 Å². The van der Waals surface area contributed by atoms with Crippen LogP contribution in [0.1, 0.15) is 13.3 Å². The summed E-state index contributed by atoms with van der Waals surface area (Å²) in [6, 6.07) is 3.54. The van der Waals surface area contributed by atoms with Gasteiger partial charge in [-0.3, -0.25) is 0 Å². The number of rotatable bonds is 4. The van der Waals surface area contributed by atoms with Crippen molar-refractivity contribution in [3.8, 4) is 0 Å². The molecule has 0 aromatic carbocycles. The van der Waals surface area contributed by atoms with Gasteiger partial charge in [-0.25, -0.2) is 0 Å². The summed E-state index contributed by atoms with van der Waals surface area (Å²) in [6.45, 7) is 2.87. The number of allylic oxidation sites excluding steroid dienone is 1. The van der Waals surface area contributed by atoms with Crippen LogP contribution in [0.5, 0.6) is 0 Å². The van der Waals surface area contributed by atoms with E-state index in [1.54, 1.807) is 6.07 Å². The monoisotopic (exact) mass is 178 g/mol.